The lowest BCUT2D eigenvalue weighted by molar-refractivity contribution is 0.0252. The summed E-state index contributed by atoms with van der Waals surface area (Å²) in [6, 6.07) is 4.85. The third-order valence-corrected chi connectivity index (χ3v) is 4.16. The molecule has 0 bridgehead atoms. The van der Waals surface area contributed by atoms with Gasteiger partial charge < -0.3 is 15.4 Å². The second-order valence-electron chi connectivity index (χ2n) is 5.77. The maximum Gasteiger partial charge on any atom is 0.132 e. The molecule has 0 aromatic carbocycles. The Labute approximate surface area is 115 Å². The van der Waals surface area contributed by atoms with Crippen molar-refractivity contribution < 1.29 is 4.74 Å². The van der Waals surface area contributed by atoms with Crippen LogP contribution >= 0.6 is 0 Å². The molecule has 1 saturated heterocycles. The molecule has 104 valence electrons. The first-order valence-corrected chi connectivity index (χ1v) is 7.33. The van der Waals surface area contributed by atoms with Crippen molar-refractivity contribution in [2.75, 3.05) is 18.1 Å². The van der Waals surface area contributed by atoms with Gasteiger partial charge in [0.2, 0.25) is 0 Å². The largest absolute Gasteiger partial charge is 0.374 e. The zero-order valence-electron chi connectivity index (χ0n) is 11.6. The third kappa shape index (κ3) is 2.60. The average Bonchev–Trinajstić information content (AvgIpc) is 2.87. The molecule has 1 saturated carbocycles. The molecule has 3 atom stereocenters. The van der Waals surface area contributed by atoms with E-state index in [1.54, 1.807) is 0 Å². The summed E-state index contributed by atoms with van der Waals surface area (Å²) in [7, 11) is 0. The van der Waals surface area contributed by atoms with Gasteiger partial charge in [-0.3, -0.25) is 0 Å². The number of rotatable bonds is 3. The summed E-state index contributed by atoms with van der Waals surface area (Å²) in [6.45, 7) is 3.81. The van der Waals surface area contributed by atoms with Gasteiger partial charge in [-0.2, -0.15) is 0 Å². The van der Waals surface area contributed by atoms with E-state index in [2.05, 4.69) is 22.9 Å². The molecule has 3 unspecified atom stereocenters. The number of ether oxygens (including phenoxy) is 1. The van der Waals surface area contributed by atoms with E-state index in [1.807, 2.05) is 12.3 Å². The Morgan fingerprint density at radius 2 is 2.42 bits per heavy atom. The maximum absolute atomic E-state index is 5.96. The number of fused-ring (bicyclic) bond motifs is 1. The van der Waals surface area contributed by atoms with E-state index >= 15 is 0 Å². The van der Waals surface area contributed by atoms with Gasteiger partial charge in [-0.05, 0) is 44.2 Å². The quantitative estimate of drug-likeness (QED) is 0.900. The van der Waals surface area contributed by atoms with Crippen molar-refractivity contribution in [1.82, 2.24) is 4.98 Å². The molecule has 1 aromatic rings. The van der Waals surface area contributed by atoms with Gasteiger partial charge in [0.05, 0.1) is 18.8 Å². The first-order chi connectivity index (χ1) is 9.25. The lowest BCUT2D eigenvalue weighted by atomic mass is 10.1. The predicted molar refractivity (Wildman–Crippen MR) is 76.3 cm³/mol. The van der Waals surface area contributed by atoms with Crippen LogP contribution in [0.3, 0.4) is 0 Å². The van der Waals surface area contributed by atoms with Crippen molar-refractivity contribution in [2.24, 2.45) is 5.73 Å². The molecule has 1 aliphatic carbocycles. The molecule has 2 heterocycles. The first kappa shape index (κ1) is 12.9. The smallest absolute Gasteiger partial charge is 0.132 e. The number of hydrogen-bond donors (Lipinski definition) is 1. The number of morpholine rings is 1. The maximum atomic E-state index is 5.96. The van der Waals surface area contributed by atoms with Gasteiger partial charge in [0.15, 0.2) is 0 Å². The Kier molecular flexibility index (Phi) is 3.71. The highest BCUT2D eigenvalue weighted by atomic mass is 16.5. The molecule has 1 aliphatic heterocycles. The zero-order chi connectivity index (χ0) is 13.2. The molecule has 4 heteroatoms. The highest BCUT2D eigenvalue weighted by molar-refractivity contribution is 5.49. The minimum atomic E-state index is 0.170. The van der Waals surface area contributed by atoms with Crippen molar-refractivity contribution in [2.45, 2.75) is 50.8 Å². The second kappa shape index (κ2) is 5.47. The molecule has 2 fully saturated rings. The van der Waals surface area contributed by atoms with E-state index < -0.39 is 0 Å². The van der Waals surface area contributed by atoms with Crippen molar-refractivity contribution in [3.05, 3.63) is 23.9 Å². The van der Waals surface area contributed by atoms with Crippen LogP contribution in [0.4, 0.5) is 5.82 Å². The molecule has 3 rings (SSSR count). The predicted octanol–water partition coefficient (Wildman–Crippen LogP) is 1.73. The Balaban J connectivity index is 1.88. The Hall–Kier alpha value is -1.13. The molecule has 2 aliphatic rings. The number of hydrogen-bond acceptors (Lipinski definition) is 4. The summed E-state index contributed by atoms with van der Waals surface area (Å²) in [5.74, 6) is 1.13. The van der Waals surface area contributed by atoms with E-state index in [4.69, 9.17) is 10.5 Å². The van der Waals surface area contributed by atoms with E-state index in [1.165, 1.54) is 24.8 Å². The molecule has 0 spiro atoms. The van der Waals surface area contributed by atoms with Gasteiger partial charge in [0, 0.05) is 18.8 Å². The number of anilines is 1. The normalized spacial score (nSPS) is 28.2. The van der Waals surface area contributed by atoms with Gasteiger partial charge >= 0.3 is 0 Å². The topological polar surface area (TPSA) is 51.4 Å². The minimum Gasteiger partial charge on any atom is -0.374 e. The van der Waals surface area contributed by atoms with Gasteiger partial charge in [0.25, 0.3) is 0 Å². The van der Waals surface area contributed by atoms with Gasteiger partial charge in [0.1, 0.15) is 5.82 Å². The number of nitrogens with two attached hydrogens (primary N) is 1. The summed E-state index contributed by atoms with van der Waals surface area (Å²) in [5.41, 5.74) is 7.23. The molecule has 0 radical (unpaired) electrons. The summed E-state index contributed by atoms with van der Waals surface area (Å²) in [4.78, 5) is 7.09. The lowest BCUT2D eigenvalue weighted by Gasteiger charge is -2.39. The molecular formula is C15H23N3O. The van der Waals surface area contributed by atoms with Crippen molar-refractivity contribution in [1.29, 1.82) is 0 Å². The second-order valence-corrected chi connectivity index (χ2v) is 5.77. The Morgan fingerprint density at radius 3 is 3.26 bits per heavy atom. The summed E-state index contributed by atoms with van der Waals surface area (Å²) >= 11 is 0. The standard InChI is InChI=1S/C15H23N3O/c1-11(16)10-12-4-3-7-17-15(12)18-8-9-19-14-6-2-5-13(14)18/h3-4,7,11,13-14H,2,5-6,8-10,16H2,1H3. The van der Waals surface area contributed by atoms with Crippen LogP contribution in [0.25, 0.3) is 0 Å². The fraction of sp³-hybridized carbons (Fsp3) is 0.667. The summed E-state index contributed by atoms with van der Waals surface area (Å²) in [6.07, 6.45) is 6.85. The highest BCUT2D eigenvalue weighted by Gasteiger charge is 2.37. The molecular weight excluding hydrogens is 238 g/mol. The molecule has 0 amide bonds. The zero-order valence-corrected chi connectivity index (χ0v) is 11.6. The van der Waals surface area contributed by atoms with E-state index in [9.17, 15) is 0 Å². The van der Waals surface area contributed by atoms with Crippen LogP contribution in [0.5, 0.6) is 0 Å². The van der Waals surface area contributed by atoms with Crippen molar-refractivity contribution >= 4 is 5.82 Å². The van der Waals surface area contributed by atoms with Gasteiger partial charge in [-0.25, -0.2) is 4.98 Å². The van der Waals surface area contributed by atoms with Crippen LogP contribution in [0.1, 0.15) is 31.7 Å². The number of nitrogens with zero attached hydrogens (tertiary/aromatic N) is 2. The van der Waals surface area contributed by atoms with Gasteiger partial charge in [-0.15, -0.1) is 0 Å². The number of aromatic nitrogens is 1. The lowest BCUT2D eigenvalue weighted by Crippen LogP contribution is -2.49. The van der Waals surface area contributed by atoms with Crippen LogP contribution in [0.15, 0.2) is 18.3 Å². The van der Waals surface area contributed by atoms with Gasteiger partial charge in [-0.1, -0.05) is 6.07 Å². The summed E-state index contributed by atoms with van der Waals surface area (Å²) in [5, 5.41) is 0. The van der Waals surface area contributed by atoms with E-state index in [0.29, 0.717) is 12.1 Å². The fourth-order valence-electron chi connectivity index (χ4n) is 3.38. The average molecular weight is 261 g/mol. The van der Waals surface area contributed by atoms with Crippen LogP contribution < -0.4 is 10.6 Å². The number of pyridine rings is 1. The minimum absolute atomic E-state index is 0.170. The molecule has 4 nitrogen and oxygen atoms in total. The molecule has 1 aromatic heterocycles. The van der Waals surface area contributed by atoms with E-state index in [-0.39, 0.29) is 6.04 Å². The van der Waals surface area contributed by atoms with Crippen molar-refractivity contribution in [3.63, 3.8) is 0 Å². The van der Waals surface area contributed by atoms with Crippen LogP contribution in [-0.4, -0.2) is 36.3 Å². The van der Waals surface area contributed by atoms with E-state index in [0.717, 1.165) is 25.4 Å². The highest BCUT2D eigenvalue weighted by Crippen LogP contribution is 2.33. The Bertz CT molecular complexity index is 435. The van der Waals surface area contributed by atoms with Crippen LogP contribution in [-0.2, 0) is 11.2 Å². The first-order valence-electron chi connectivity index (χ1n) is 7.33. The fourth-order valence-corrected chi connectivity index (χ4v) is 3.38. The summed E-state index contributed by atoms with van der Waals surface area (Å²) < 4.78 is 5.88. The molecule has 2 N–H and O–H groups in total. The Morgan fingerprint density at radius 1 is 1.53 bits per heavy atom. The third-order valence-electron chi connectivity index (χ3n) is 4.16. The van der Waals surface area contributed by atoms with Crippen LogP contribution in [0.2, 0.25) is 0 Å². The van der Waals surface area contributed by atoms with Crippen LogP contribution in [0, 0.1) is 0 Å². The van der Waals surface area contributed by atoms with Crippen molar-refractivity contribution in [3.8, 4) is 0 Å². The molecule has 19 heavy (non-hydrogen) atoms. The SMILES string of the molecule is CC(N)Cc1cccnc1N1CCOC2CCCC21. The monoisotopic (exact) mass is 261 g/mol.